The second-order valence-electron chi connectivity index (χ2n) is 8.13. The Kier molecular flexibility index (Phi) is 5.72. The molecule has 1 atom stereocenters. The van der Waals surface area contributed by atoms with Gasteiger partial charge in [-0.05, 0) is 62.2 Å². The third-order valence-corrected chi connectivity index (χ3v) is 6.07. The van der Waals surface area contributed by atoms with E-state index in [2.05, 4.69) is 4.90 Å². The van der Waals surface area contributed by atoms with Crippen LogP contribution in [-0.2, 0) is 11.3 Å². The van der Waals surface area contributed by atoms with Crippen molar-refractivity contribution >= 4 is 12.0 Å². The van der Waals surface area contributed by atoms with Crippen LogP contribution >= 0.6 is 0 Å². The van der Waals surface area contributed by atoms with Gasteiger partial charge in [-0.1, -0.05) is 0 Å². The van der Waals surface area contributed by atoms with Crippen molar-refractivity contribution in [2.75, 3.05) is 33.3 Å². The van der Waals surface area contributed by atoms with E-state index in [-0.39, 0.29) is 17.1 Å². The van der Waals surface area contributed by atoms with E-state index >= 15 is 0 Å². The normalized spacial score (nSPS) is 22.6. The van der Waals surface area contributed by atoms with Gasteiger partial charge in [0, 0.05) is 43.2 Å². The summed E-state index contributed by atoms with van der Waals surface area (Å²) in [5, 5.41) is 0. The first-order valence-corrected chi connectivity index (χ1v) is 10.1. The molecule has 0 bridgehead atoms. The van der Waals surface area contributed by atoms with Gasteiger partial charge in [0.25, 0.3) is 0 Å². The summed E-state index contributed by atoms with van der Waals surface area (Å²) < 4.78 is 24.7. The summed E-state index contributed by atoms with van der Waals surface area (Å²) in [7, 11) is 1.59. The van der Waals surface area contributed by atoms with Crippen molar-refractivity contribution in [1.29, 1.82) is 0 Å². The Morgan fingerprint density at radius 3 is 2.97 bits per heavy atom. The Labute approximate surface area is 170 Å². The van der Waals surface area contributed by atoms with Gasteiger partial charge < -0.3 is 14.1 Å². The van der Waals surface area contributed by atoms with Gasteiger partial charge in [-0.2, -0.15) is 0 Å². The highest BCUT2D eigenvalue weighted by Gasteiger charge is 2.42. The number of nitrogens with zero attached hydrogens (tertiary/aromatic N) is 2. The molecule has 6 heteroatoms. The average Bonchev–Trinajstić information content (AvgIpc) is 3.38. The molecule has 1 amide bonds. The van der Waals surface area contributed by atoms with Crippen molar-refractivity contribution in [2.24, 2.45) is 5.41 Å². The quantitative estimate of drug-likeness (QED) is 0.716. The molecule has 0 saturated carbocycles. The fourth-order valence-corrected chi connectivity index (χ4v) is 4.59. The summed E-state index contributed by atoms with van der Waals surface area (Å²) in [5.41, 5.74) is 0.760. The number of halogens is 1. The summed E-state index contributed by atoms with van der Waals surface area (Å²) >= 11 is 0. The number of furan rings is 1. The third-order valence-electron chi connectivity index (χ3n) is 6.07. The van der Waals surface area contributed by atoms with Crippen LogP contribution in [0.5, 0.6) is 5.75 Å². The van der Waals surface area contributed by atoms with Gasteiger partial charge >= 0.3 is 0 Å². The van der Waals surface area contributed by atoms with E-state index in [1.165, 1.54) is 6.07 Å². The molecule has 0 unspecified atom stereocenters. The fraction of sp³-hybridized carbons (Fsp3) is 0.435. The first-order chi connectivity index (χ1) is 14.1. The summed E-state index contributed by atoms with van der Waals surface area (Å²) in [4.78, 5) is 16.8. The van der Waals surface area contributed by atoms with Crippen LogP contribution in [0.2, 0.25) is 0 Å². The van der Waals surface area contributed by atoms with Crippen molar-refractivity contribution in [2.45, 2.75) is 25.8 Å². The lowest BCUT2D eigenvalue weighted by molar-refractivity contribution is -0.125. The number of hydrogen-bond acceptors (Lipinski definition) is 4. The zero-order chi connectivity index (χ0) is 20.3. The molecule has 0 N–H and O–H groups in total. The number of benzene rings is 1. The number of likely N-dealkylation sites (tertiary alicyclic amines) is 2. The highest BCUT2D eigenvalue weighted by Crippen LogP contribution is 2.39. The van der Waals surface area contributed by atoms with Crippen LogP contribution in [0.25, 0.3) is 6.08 Å². The van der Waals surface area contributed by atoms with Gasteiger partial charge in [-0.25, -0.2) is 4.39 Å². The maximum atomic E-state index is 14.2. The molecule has 1 aromatic carbocycles. The van der Waals surface area contributed by atoms with E-state index in [1.807, 2.05) is 11.0 Å². The molecule has 5 nitrogen and oxygen atoms in total. The van der Waals surface area contributed by atoms with Crippen LogP contribution in [0.4, 0.5) is 4.39 Å². The van der Waals surface area contributed by atoms with Crippen molar-refractivity contribution in [3.8, 4) is 5.75 Å². The number of methoxy groups -OCH3 is 1. The molecule has 0 radical (unpaired) electrons. The highest BCUT2D eigenvalue weighted by molar-refractivity contribution is 5.91. The fourth-order valence-electron chi connectivity index (χ4n) is 4.59. The van der Waals surface area contributed by atoms with Crippen molar-refractivity contribution in [3.05, 3.63) is 59.8 Å². The molecule has 2 aliphatic heterocycles. The number of piperidine rings is 1. The molecule has 4 rings (SSSR count). The van der Waals surface area contributed by atoms with Crippen molar-refractivity contribution < 1.29 is 18.3 Å². The lowest BCUT2D eigenvalue weighted by Gasteiger charge is -2.40. The van der Waals surface area contributed by atoms with Crippen LogP contribution in [-0.4, -0.2) is 49.0 Å². The molecule has 2 aliphatic rings. The number of hydrogen-bond donors (Lipinski definition) is 0. The Morgan fingerprint density at radius 2 is 2.17 bits per heavy atom. The average molecular weight is 398 g/mol. The minimum absolute atomic E-state index is 0.0224. The topological polar surface area (TPSA) is 45.9 Å². The molecule has 1 aromatic heterocycles. The van der Waals surface area contributed by atoms with Crippen LogP contribution in [0, 0.1) is 11.2 Å². The van der Waals surface area contributed by atoms with Crippen LogP contribution in [0.3, 0.4) is 0 Å². The Balaban J connectivity index is 1.38. The first-order valence-electron chi connectivity index (χ1n) is 10.1. The molecule has 154 valence electrons. The van der Waals surface area contributed by atoms with Crippen molar-refractivity contribution in [3.63, 3.8) is 0 Å². The third kappa shape index (κ3) is 4.53. The zero-order valence-corrected chi connectivity index (χ0v) is 16.8. The monoisotopic (exact) mass is 398 g/mol. The second kappa shape index (κ2) is 8.41. The first kappa shape index (κ1) is 19.7. The van der Waals surface area contributed by atoms with Gasteiger partial charge in [0.1, 0.15) is 17.3 Å². The molecule has 3 heterocycles. The van der Waals surface area contributed by atoms with E-state index < -0.39 is 0 Å². The standard InChI is InChI=1S/C23H27FN2O3/c1-28-20-5-7-21(24)18(14-20)15-25-11-3-9-23(16-25)10-12-26(17-23)22(27)8-6-19-4-2-13-29-19/h2,4-8,13-14H,3,9-12,15-17H2,1H3/b8-6+/t23-/m0/s1. The number of amides is 1. The largest absolute Gasteiger partial charge is 0.497 e. The predicted molar refractivity (Wildman–Crippen MR) is 109 cm³/mol. The van der Waals surface area contributed by atoms with E-state index in [4.69, 9.17) is 9.15 Å². The smallest absolute Gasteiger partial charge is 0.246 e. The van der Waals surface area contributed by atoms with Crippen LogP contribution < -0.4 is 4.74 Å². The van der Waals surface area contributed by atoms with Gasteiger partial charge in [0.2, 0.25) is 5.91 Å². The molecule has 2 saturated heterocycles. The Bertz CT molecular complexity index is 880. The summed E-state index contributed by atoms with van der Waals surface area (Å²) in [6.07, 6.45) is 8.06. The number of ether oxygens (including phenoxy) is 1. The second-order valence-corrected chi connectivity index (χ2v) is 8.13. The minimum Gasteiger partial charge on any atom is -0.497 e. The molecular weight excluding hydrogens is 371 g/mol. The summed E-state index contributed by atoms with van der Waals surface area (Å²) in [6, 6.07) is 8.52. The SMILES string of the molecule is COc1ccc(F)c(CN2CCC[C@]3(CCN(C(=O)/C=C/c4ccco4)C3)C2)c1. The Hall–Kier alpha value is -2.60. The van der Waals surface area contributed by atoms with E-state index in [9.17, 15) is 9.18 Å². The maximum Gasteiger partial charge on any atom is 0.246 e. The van der Waals surface area contributed by atoms with Crippen LogP contribution in [0.1, 0.15) is 30.6 Å². The highest BCUT2D eigenvalue weighted by atomic mass is 19.1. The van der Waals surface area contributed by atoms with E-state index in [0.717, 1.165) is 45.4 Å². The van der Waals surface area contributed by atoms with Crippen LogP contribution in [0.15, 0.2) is 47.1 Å². The van der Waals surface area contributed by atoms with Gasteiger partial charge in [0.15, 0.2) is 0 Å². The number of carbonyl (C=O) groups excluding carboxylic acids is 1. The summed E-state index contributed by atoms with van der Waals surface area (Å²) in [6.45, 7) is 3.92. The lowest BCUT2D eigenvalue weighted by atomic mass is 9.79. The van der Waals surface area contributed by atoms with E-state index in [0.29, 0.717) is 23.6 Å². The minimum atomic E-state index is -0.197. The maximum absolute atomic E-state index is 14.2. The predicted octanol–water partition coefficient (Wildman–Crippen LogP) is 3.96. The summed E-state index contributed by atoms with van der Waals surface area (Å²) in [5.74, 6) is 1.18. The number of rotatable bonds is 5. The molecule has 2 aromatic rings. The molecule has 0 aliphatic carbocycles. The van der Waals surface area contributed by atoms with Gasteiger partial charge in [-0.3, -0.25) is 9.69 Å². The molecule has 1 spiro atoms. The molecule has 29 heavy (non-hydrogen) atoms. The zero-order valence-electron chi connectivity index (χ0n) is 16.8. The lowest BCUT2D eigenvalue weighted by Crippen LogP contribution is -2.45. The van der Waals surface area contributed by atoms with Crippen molar-refractivity contribution in [1.82, 2.24) is 9.80 Å². The molecule has 2 fully saturated rings. The Morgan fingerprint density at radius 1 is 1.28 bits per heavy atom. The van der Waals surface area contributed by atoms with E-state index in [1.54, 1.807) is 43.7 Å². The molecular formula is C23H27FN2O3. The number of carbonyl (C=O) groups is 1. The van der Waals surface area contributed by atoms with Gasteiger partial charge in [-0.15, -0.1) is 0 Å². The van der Waals surface area contributed by atoms with Gasteiger partial charge in [0.05, 0.1) is 13.4 Å².